The summed E-state index contributed by atoms with van der Waals surface area (Å²) in [4.78, 5) is 42.0. The van der Waals surface area contributed by atoms with Gasteiger partial charge >= 0.3 is 0 Å². The summed E-state index contributed by atoms with van der Waals surface area (Å²) in [6.45, 7) is 1.48. The number of aliphatic hydroxyl groups excluding tert-OH is 1. The Hall–Kier alpha value is -2.94. The third-order valence-electron chi connectivity index (χ3n) is 7.32. The number of hydrogen-bond donors (Lipinski definition) is 3. The van der Waals surface area contributed by atoms with E-state index in [2.05, 4.69) is 10.6 Å². The zero-order valence-electron chi connectivity index (χ0n) is 18.7. The largest absolute Gasteiger partial charge is 0.395 e. The zero-order valence-corrected chi connectivity index (χ0v) is 19.4. The lowest BCUT2D eigenvalue weighted by atomic mass is 9.66. The molecule has 2 aromatic carbocycles. The molecule has 5 atom stereocenters. The molecule has 1 spiro atoms. The Kier molecular flexibility index (Phi) is 5.62. The maximum atomic E-state index is 13.7. The molecule has 3 heterocycles. The molecular weight excluding hydrogens is 458 g/mol. The predicted octanol–water partition coefficient (Wildman–Crippen LogP) is 2.67. The van der Waals surface area contributed by atoms with Gasteiger partial charge in [-0.05, 0) is 44.0 Å². The van der Waals surface area contributed by atoms with E-state index >= 15 is 0 Å². The lowest BCUT2D eigenvalue weighted by Gasteiger charge is -2.33. The van der Waals surface area contributed by atoms with Crippen LogP contribution in [0.25, 0.3) is 0 Å². The minimum Gasteiger partial charge on any atom is -0.395 e. The number of hydrogen-bond acceptors (Lipinski definition) is 5. The van der Waals surface area contributed by atoms with Crippen LogP contribution in [-0.2, 0) is 19.1 Å². The molecule has 34 heavy (non-hydrogen) atoms. The Morgan fingerprint density at radius 1 is 1.09 bits per heavy atom. The maximum Gasteiger partial charge on any atom is 0.250 e. The minimum absolute atomic E-state index is 0.0369. The molecule has 3 saturated heterocycles. The van der Waals surface area contributed by atoms with Crippen LogP contribution in [0.1, 0.15) is 19.8 Å². The average Bonchev–Trinajstić information content (AvgIpc) is 3.37. The van der Waals surface area contributed by atoms with E-state index in [1.165, 1.54) is 4.90 Å². The highest BCUT2D eigenvalue weighted by Crippen LogP contribution is 2.63. The molecule has 0 radical (unpaired) electrons. The first-order valence-corrected chi connectivity index (χ1v) is 11.7. The van der Waals surface area contributed by atoms with E-state index in [4.69, 9.17) is 16.3 Å². The molecule has 3 fully saturated rings. The van der Waals surface area contributed by atoms with Gasteiger partial charge in [0.05, 0.1) is 34.8 Å². The number of nitrogens with zero attached hydrogens (tertiary/aromatic N) is 1. The molecular formula is C25H26ClN3O5. The van der Waals surface area contributed by atoms with Crippen molar-refractivity contribution in [1.82, 2.24) is 4.90 Å². The second kappa shape index (κ2) is 8.37. The third kappa shape index (κ3) is 3.40. The summed E-state index contributed by atoms with van der Waals surface area (Å²) in [6.07, 6.45) is 0.990. The number of ether oxygens (including phenoxy) is 1. The number of halogens is 1. The van der Waals surface area contributed by atoms with Gasteiger partial charge in [0.1, 0.15) is 11.6 Å². The van der Waals surface area contributed by atoms with E-state index in [1.54, 1.807) is 36.4 Å². The van der Waals surface area contributed by atoms with Crippen molar-refractivity contribution < 1.29 is 24.2 Å². The Morgan fingerprint density at radius 3 is 2.50 bits per heavy atom. The van der Waals surface area contributed by atoms with Gasteiger partial charge in [-0.3, -0.25) is 14.4 Å². The molecule has 8 nitrogen and oxygen atoms in total. The highest BCUT2D eigenvalue weighted by molar-refractivity contribution is 6.33. The first-order valence-electron chi connectivity index (χ1n) is 11.3. The molecule has 3 N–H and O–H groups in total. The molecule has 5 rings (SSSR count). The Morgan fingerprint density at radius 2 is 1.79 bits per heavy atom. The summed E-state index contributed by atoms with van der Waals surface area (Å²) in [5, 5.41) is 15.8. The zero-order chi connectivity index (χ0) is 24.1. The van der Waals surface area contributed by atoms with Crippen molar-refractivity contribution in [3.8, 4) is 0 Å². The number of benzene rings is 2. The van der Waals surface area contributed by atoms with Gasteiger partial charge < -0.3 is 25.4 Å². The van der Waals surface area contributed by atoms with Crippen LogP contribution in [-0.4, -0.2) is 58.1 Å². The quantitative estimate of drug-likeness (QED) is 0.585. The molecule has 0 saturated carbocycles. The van der Waals surface area contributed by atoms with Crippen molar-refractivity contribution in [3.05, 3.63) is 59.6 Å². The van der Waals surface area contributed by atoms with Gasteiger partial charge in [-0.15, -0.1) is 0 Å². The molecule has 3 aliphatic heterocycles. The number of nitrogens with one attached hydrogen (secondary N) is 2. The topological polar surface area (TPSA) is 108 Å². The lowest BCUT2D eigenvalue weighted by molar-refractivity contribution is -0.143. The number of carbonyl (C=O) groups is 3. The minimum atomic E-state index is -1.16. The predicted molar refractivity (Wildman–Crippen MR) is 126 cm³/mol. The van der Waals surface area contributed by atoms with Crippen LogP contribution in [0.15, 0.2) is 54.6 Å². The second-order valence-corrected chi connectivity index (χ2v) is 9.71. The summed E-state index contributed by atoms with van der Waals surface area (Å²) in [7, 11) is 0. The van der Waals surface area contributed by atoms with Crippen LogP contribution in [0.3, 0.4) is 0 Å². The number of fused-ring (bicyclic) bond motifs is 1. The summed E-state index contributed by atoms with van der Waals surface area (Å²) in [5.41, 5.74) is -1.00. The van der Waals surface area contributed by atoms with Gasteiger partial charge in [-0.25, -0.2) is 0 Å². The molecule has 0 aliphatic carbocycles. The van der Waals surface area contributed by atoms with Gasteiger partial charge in [-0.1, -0.05) is 41.9 Å². The summed E-state index contributed by atoms with van der Waals surface area (Å²) < 4.78 is 6.49. The van der Waals surface area contributed by atoms with Gasteiger partial charge in [0.15, 0.2) is 0 Å². The number of amides is 3. The monoisotopic (exact) mass is 483 g/mol. The van der Waals surface area contributed by atoms with Crippen LogP contribution in [0.2, 0.25) is 5.02 Å². The standard InChI is InChI=1S/C25H26ClN3O5/c1-24-11-12-25(34-24)19(18(24)21(31)27-15-7-3-2-4-8-15)23(33)29(13-14-30)20(25)22(32)28-17-10-6-5-9-16(17)26/h2-10,18-20,30H,11-14H2,1H3,(H,27,31)(H,28,32)/t18-,19+,20?,24+,25?/m1/s1. The summed E-state index contributed by atoms with van der Waals surface area (Å²) in [6, 6.07) is 14.9. The van der Waals surface area contributed by atoms with E-state index in [0.717, 1.165) is 0 Å². The van der Waals surface area contributed by atoms with Crippen LogP contribution in [0.4, 0.5) is 11.4 Å². The molecule has 3 amide bonds. The number of β-amino-alcohol motifs (C(OH)–C–C–N with tert-alkyl or cyclic N) is 1. The van der Waals surface area contributed by atoms with Crippen molar-refractivity contribution >= 4 is 40.7 Å². The highest BCUT2D eigenvalue weighted by Gasteiger charge is 2.77. The molecule has 3 aliphatic rings. The van der Waals surface area contributed by atoms with Crippen molar-refractivity contribution in [3.63, 3.8) is 0 Å². The van der Waals surface area contributed by atoms with Crippen molar-refractivity contribution in [2.24, 2.45) is 11.8 Å². The number of likely N-dealkylation sites (tertiary alicyclic amines) is 1. The van der Waals surface area contributed by atoms with E-state index in [1.807, 2.05) is 25.1 Å². The first kappa shape index (κ1) is 22.8. The Labute approximate surface area is 202 Å². The summed E-state index contributed by atoms with van der Waals surface area (Å²) >= 11 is 6.23. The van der Waals surface area contributed by atoms with Crippen molar-refractivity contribution in [2.45, 2.75) is 37.0 Å². The number of para-hydroxylation sites is 2. The van der Waals surface area contributed by atoms with Crippen LogP contribution >= 0.6 is 11.6 Å². The second-order valence-electron chi connectivity index (χ2n) is 9.31. The van der Waals surface area contributed by atoms with Crippen molar-refractivity contribution in [1.29, 1.82) is 0 Å². The normalized spacial score (nSPS) is 31.4. The first-order chi connectivity index (χ1) is 16.3. The highest BCUT2D eigenvalue weighted by atomic mass is 35.5. The molecule has 2 aromatic rings. The average molecular weight is 484 g/mol. The number of anilines is 2. The molecule has 9 heteroatoms. The summed E-state index contributed by atoms with van der Waals surface area (Å²) in [5.74, 6) is -2.72. The van der Waals surface area contributed by atoms with E-state index < -0.39 is 35.0 Å². The van der Waals surface area contributed by atoms with Crippen LogP contribution in [0, 0.1) is 11.8 Å². The fraction of sp³-hybridized carbons (Fsp3) is 0.400. The van der Waals surface area contributed by atoms with Gasteiger partial charge in [0.25, 0.3) is 0 Å². The van der Waals surface area contributed by atoms with Gasteiger partial charge in [-0.2, -0.15) is 0 Å². The lowest BCUT2D eigenvalue weighted by Crippen LogP contribution is -2.53. The molecule has 178 valence electrons. The number of aliphatic hydroxyl groups is 1. The van der Waals surface area contributed by atoms with E-state index in [-0.39, 0.29) is 25.0 Å². The SMILES string of the molecule is C[C@@]12CCC3(O1)C(C(=O)Nc1ccccc1Cl)N(CCO)C(=O)[C@@H]3[C@@H]2C(=O)Nc1ccccc1. The number of rotatable bonds is 6. The molecule has 2 bridgehead atoms. The van der Waals surface area contributed by atoms with Crippen molar-refractivity contribution in [2.75, 3.05) is 23.8 Å². The van der Waals surface area contributed by atoms with Gasteiger partial charge in [0.2, 0.25) is 17.7 Å². The Balaban J connectivity index is 1.50. The van der Waals surface area contributed by atoms with E-state index in [0.29, 0.717) is 29.2 Å². The fourth-order valence-electron chi connectivity index (χ4n) is 5.98. The van der Waals surface area contributed by atoms with Crippen LogP contribution < -0.4 is 10.6 Å². The number of carbonyl (C=O) groups excluding carboxylic acids is 3. The fourth-order valence-corrected chi connectivity index (χ4v) is 6.16. The smallest absolute Gasteiger partial charge is 0.250 e. The molecule has 2 unspecified atom stereocenters. The van der Waals surface area contributed by atoms with E-state index in [9.17, 15) is 19.5 Å². The third-order valence-corrected chi connectivity index (χ3v) is 7.65. The van der Waals surface area contributed by atoms with Gasteiger partial charge in [0, 0.05) is 12.2 Å². The molecule has 0 aromatic heterocycles. The maximum absolute atomic E-state index is 13.7. The van der Waals surface area contributed by atoms with Crippen LogP contribution in [0.5, 0.6) is 0 Å². The Bertz CT molecular complexity index is 1140.